The molecule has 2 aliphatic rings. The third-order valence-corrected chi connectivity index (χ3v) is 8.11. The predicted octanol–water partition coefficient (Wildman–Crippen LogP) is 3.28. The van der Waals surface area contributed by atoms with Crippen molar-refractivity contribution in [3.63, 3.8) is 0 Å². The zero-order valence-electron chi connectivity index (χ0n) is 17.4. The van der Waals surface area contributed by atoms with E-state index < -0.39 is 10.0 Å². The summed E-state index contributed by atoms with van der Waals surface area (Å²) in [6.45, 7) is 3.41. The molecule has 7 nitrogen and oxygen atoms in total. The molecule has 0 aliphatic carbocycles. The van der Waals surface area contributed by atoms with E-state index in [1.54, 1.807) is 28.6 Å². The van der Waals surface area contributed by atoms with Gasteiger partial charge in [-0.2, -0.15) is 4.31 Å². The van der Waals surface area contributed by atoms with Crippen LogP contribution in [0.15, 0.2) is 29.2 Å². The Kier molecular flexibility index (Phi) is 6.75. The van der Waals surface area contributed by atoms with Gasteiger partial charge in [-0.15, -0.1) is 0 Å². The number of hydrogen-bond donors (Lipinski definition) is 2. The summed E-state index contributed by atoms with van der Waals surface area (Å²) >= 11 is 0. The number of rotatable bonds is 6. The highest BCUT2D eigenvalue weighted by Gasteiger charge is 2.25. The molecule has 2 N–H and O–H groups in total. The fourth-order valence-electron chi connectivity index (χ4n) is 4.34. The van der Waals surface area contributed by atoms with Crippen LogP contribution in [0.3, 0.4) is 0 Å². The molecular formula is C22H31N3O4S. The van der Waals surface area contributed by atoms with Gasteiger partial charge in [-0.25, -0.2) is 8.42 Å². The highest BCUT2D eigenvalue weighted by molar-refractivity contribution is 7.89. The maximum absolute atomic E-state index is 13.0. The zero-order valence-corrected chi connectivity index (χ0v) is 18.2. The van der Waals surface area contributed by atoms with Crippen LogP contribution in [0.1, 0.15) is 55.4 Å². The molecule has 0 atom stereocenters. The molecule has 0 radical (unpaired) electrons. The summed E-state index contributed by atoms with van der Waals surface area (Å²) in [7, 11) is -3.51. The number of nitrogens with zero attached hydrogens (tertiary/aromatic N) is 1. The lowest BCUT2D eigenvalue weighted by molar-refractivity contribution is 0.0636. The van der Waals surface area contributed by atoms with E-state index >= 15 is 0 Å². The van der Waals surface area contributed by atoms with Crippen molar-refractivity contribution >= 4 is 26.8 Å². The lowest BCUT2D eigenvalue weighted by atomic mass is 9.97. The van der Waals surface area contributed by atoms with E-state index in [0.29, 0.717) is 36.1 Å². The Balaban J connectivity index is 1.43. The Morgan fingerprint density at radius 1 is 1.10 bits per heavy atom. The van der Waals surface area contributed by atoms with E-state index in [1.807, 2.05) is 0 Å². The molecule has 0 unspecified atom stereocenters. The first-order valence-electron chi connectivity index (χ1n) is 11.0. The highest BCUT2D eigenvalue weighted by Crippen LogP contribution is 2.25. The third-order valence-electron chi connectivity index (χ3n) is 6.22. The molecule has 1 aromatic carbocycles. The molecule has 2 aromatic rings. The summed E-state index contributed by atoms with van der Waals surface area (Å²) < 4.78 is 33.1. The van der Waals surface area contributed by atoms with Crippen molar-refractivity contribution in [1.29, 1.82) is 0 Å². The average molecular weight is 434 g/mol. The molecule has 2 aliphatic heterocycles. The molecule has 0 spiro atoms. The second-order valence-corrected chi connectivity index (χ2v) is 10.3. The van der Waals surface area contributed by atoms with Gasteiger partial charge < -0.3 is 15.0 Å². The lowest BCUT2D eigenvalue weighted by Crippen LogP contribution is -2.31. The number of carbonyl (C=O) groups is 1. The second-order valence-electron chi connectivity index (χ2n) is 8.35. The number of fused-ring (bicyclic) bond motifs is 1. The van der Waals surface area contributed by atoms with Crippen molar-refractivity contribution < 1.29 is 17.9 Å². The Morgan fingerprint density at radius 2 is 1.83 bits per heavy atom. The average Bonchev–Trinajstić information content (AvgIpc) is 2.98. The second kappa shape index (κ2) is 9.49. The minimum Gasteiger partial charge on any atom is -0.381 e. The maximum Gasteiger partial charge on any atom is 0.267 e. The number of hydrogen-bond acceptors (Lipinski definition) is 4. The largest absolute Gasteiger partial charge is 0.381 e. The van der Waals surface area contributed by atoms with E-state index in [0.717, 1.165) is 69.1 Å². The summed E-state index contributed by atoms with van der Waals surface area (Å²) in [4.78, 5) is 15.9. The van der Waals surface area contributed by atoms with Crippen LogP contribution in [-0.2, 0) is 14.8 Å². The van der Waals surface area contributed by atoms with Gasteiger partial charge in [-0.3, -0.25) is 4.79 Å². The van der Waals surface area contributed by atoms with Crippen molar-refractivity contribution in [3.8, 4) is 0 Å². The highest BCUT2D eigenvalue weighted by atomic mass is 32.2. The lowest BCUT2D eigenvalue weighted by Gasteiger charge is -2.21. The summed E-state index contributed by atoms with van der Waals surface area (Å²) in [6.07, 6.45) is 7.03. The van der Waals surface area contributed by atoms with Crippen molar-refractivity contribution in [2.75, 3.05) is 32.8 Å². The van der Waals surface area contributed by atoms with Crippen LogP contribution in [0.4, 0.5) is 0 Å². The number of ether oxygens (including phenoxy) is 1. The van der Waals surface area contributed by atoms with Gasteiger partial charge in [-0.05, 0) is 62.3 Å². The molecular weight excluding hydrogens is 402 g/mol. The summed E-state index contributed by atoms with van der Waals surface area (Å²) in [5.41, 5.74) is 1.22. The summed E-state index contributed by atoms with van der Waals surface area (Å²) in [5.74, 6) is 0.448. The number of carbonyl (C=O) groups excluding carboxylic acids is 1. The van der Waals surface area contributed by atoms with Crippen LogP contribution >= 0.6 is 0 Å². The predicted molar refractivity (Wildman–Crippen MR) is 116 cm³/mol. The van der Waals surface area contributed by atoms with Gasteiger partial charge in [0.25, 0.3) is 5.91 Å². The Morgan fingerprint density at radius 3 is 2.57 bits per heavy atom. The van der Waals surface area contributed by atoms with Gasteiger partial charge in [0, 0.05) is 43.8 Å². The number of aromatic amines is 1. The van der Waals surface area contributed by atoms with E-state index in [1.165, 1.54) is 0 Å². The fraction of sp³-hybridized carbons (Fsp3) is 0.591. The SMILES string of the molecule is O=C(NCCC1CCOCC1)c1cc2cc(S(=O)(=O)N3CCCCCC3)ccc2[nH]1. The van der Waals surface area contributed by atoms with Gasteiger partial charge in [0.2, 0.25) is 10.0 Å². The van der Waals surface area contributed by atoms with Crippen molar-refractivity contribution in [2.24, 2.45) is 5.92 Å². The molecule has 30 heavy (non-hydrogen) atoms. The molecule has 1 aromatic heterocycles. The van der Waals surface area contributed by atoms with Crippen molar-refractivity contribution in [1.82, 2.24) is 14.6 Å². The van der Waals surface area contributed by atoms with Gasteiger partial charge in [0.05, 0.1) is 4.90 Å². The minimum atomic E-state index is -3.51. The number of aromatic nitrogens is 1. The first-order chi connectivity index (χ1) is 14.5. The fourth-order valence-corrected chi connectivity index (χ4v) is 5.90. The van der Waals surface area contributed by atoms with Crippen LogP contribution in [0.5, 0.6) is 0 Å². The normalized spacial score (nSPS) is 19.6. The van der Waals surface area contributed by atoms with Crippen LogP contribution in [-0.4, -0.2) is 56.5 Å². The molecule has 2 saturated heterocycles. The number of H-pyrrole nitrogens is 1. The smallest absolute Gasteiger partial charge is 0.267 e. The van der Waals surface area contributed by atoms with Gasteiger partial charge in [0.15, 0.2) is 0 Å². The Hall–Kier alpha value is -1.90. The number of nitrogens with one attached hydrogen (secondary N) is 2. The minimum absolute atomic E-state index is 0.157. The summed E-state index contributed by atoms with van der Waals surface area (Å²) in [6, 6.07) is 6.79. The van der Waals surface area contributed by atoms with Crippen LogP contribution < -0.4 is 5.32 Å². The molecule has 4 rings (SSSR count). The molecule has 164 valence electrons. The standard InChI is InChI=1S/C22H31N3O4S/c26-22(23-10-7-17-8-13-29-14-9-17)21-16-18-15-19(5-6-20(18)24-21)30(27,28)25-11-3-1-2-4-12-25/h5-6,15-17,24H,1-4,7-14H2,(H,23,26). The van der Waals surface area contributed by atoms with Crippen LogP contribution in [0.25, 0.3) is 10.9 Å². The van der Waals surface area contributed by atoms with Crippen LogP contribution in [0, 0.1) is 5.92 Å². The van der Waals surface area contributed by atoms with Gasteiger partial charge >= 0.3 is 0 Å². The molecule has 3 heterocycles. The maximum atomic E-state index is 13.0. The van der Waals surface area contributed by atoms with Gasteiger partial charge in [0.1, 0.15) is 5.69 Å². The molecule has 8 heteroatoms. The number of sulfonamides is 1. The first-order valence-corrected chi connectivity index (χ1v) is 12.5. The van der Waals surface area contributed by atoms with E-state index in [4.69, 9.17) is 4.74 Å². The summed E-state index contributed by atoms with van der Waals surface area (Å²) in [5, 5.41) is 3.71. The topological polar surface area (TPSA) is 91.5 Å². The van der Waals surface area contributed by atoms with Crippen molar-refractivity contribution in [2.45, 2.75) is 49.8 Å². The number of benzene rings is 1. The molecule has 1 amide bonds. The van der Waals surface area contributed by atoms with E-state index in [-0.39, 0.29) is 5.91 Å². The van der Waals surface area contributed by atoms with E-state index in [9.17, 15) is 13.2 Å². The van der Waals surface area contributed by atoms with Crippen molar-refractivity contribution in [3.05, 3.63) is 30.0 Å². The monoisotopic (exact) mass is 433 g/mol. The number of amides is 1. The Bertz CT molecular complexity index is 971. The van der Waals surface area contributed by atoms with E-state index in [2.05, 4.69) is 10.3 Å². The quantitative estimate of drug-likeness (QED) is 0.731. The zero-order chi connectivity index (χ0) is 21.0. The molecule has 0 saturated carbocycles. The first kappa shape index (κ1) is 21.3. The molecule has 2 fully saturated rings. The molecule has 0 bridgehead atoms. The van der Waals surface area contributed by atoms with Gasteiger partial charge in [-0.1, -0.05) is 12.8 Å². The third kappa shape index (κ3) is 4.87. The van der Waals surface area contributed by atoms with Crippen LogP contribution in [0.2, 0.25) is 0 Å². The Labute approximate surface area is 178 Å².